The van der Waals surface area contributed by atoms with Crippen LogP contribution in [0.3, 0.4) is 0 Å². The van der Waals surface area contributed by atoms with Crippen LogP contribution >= 0.6 is 0 Å². The van der Waals surface area contributed by atoms with Gasteiger partial charge in [-0.2, -0.15) is 0 Å². The number of anilines is 3. The summed E-state index contributed by atoms with van der Waals surface area (Å²) in [5, 5.41) is 6.64. The SMILES string of the molecule is Cc1ccc(C(N)=O)cc1Nc1ncncc1-c1cc(NCCN2CCOCC2)ncn1. The Morgan fingerprint density at radius 3 is 2.81 bits per heavy atom. The van der Waals surface area contributed by atoms with E-state index in [0.29, 0.717) is 17.1 Å². The van der Waals surface area contributed by atoms with Crippen LogP contribution in [0.15, 0.2) is 43.1 Å². The lowest BCUT2D eigenvalue weighted by atomic mass is 10.1. The second kappa shape index (κ2) is 10.1. The van der Waals surface area contributed by atoms with E-state index in [9.17, 15) is 4.79 Å². The molecule has 1 aliphatic rings. The summed E-state index contributed by atoms with van der Waals surface area (Å²) in [6.45, 7) is 7.08. The second-order valence-electron chi connectivity index (χ2n) is 7.47. The summed E-state index contributed by atoms with van der Waals surface area (Å²) in [5.74, 6) is 0.812. The fourth-order valence-corrected chi connectivity index (χ4v) is 3.42. The first-order chi connectivity index (χ1) is 15.6. The van der Waals surface area contributed by atoms with E-state index in [1.807, 2.05) is 19.1 Å². The summed E-state index contributed by atoms with van der Waals surface area (Å²) in [4.78, 5) is 31.2. The van der Waals surface area contributed by atoms with Gasteiger partial charge in [0.1, 0.15) is 24.3 Å². The van der Waals surface area contributed by atoms with Gasteiger partial charge in [-0.1, -0.05) is 6.07 Å². The van der Waals surface area contributed by atoms with Crippen molar-refractivity contribution in [2.24, 2.45) is 5.73 Å². The molecule has 4 rings (SSSR count). The molecule has 10 heteroatoms. The minimum Gasteiger partial charge on any atom is -0.379 e. The van der Waals surface area contributed by atoms with Crippen LogP contribution < -0.4 is 16.4 Å². The van der Waals surface area contributed by atoms with Crippen molar-refractivity contribution in [1.29, 1.82) is 0 Å². The number of nitrogens with zero attached hydrogens (tertiary/aromatic N) is 5. The molecule has 1 saturated heterocycles. The van der Waals surface area contributed by atoms with Crippen molar-refractivity contribution in [3.8, 4) is 11.3 Å². The Morgan fingerprint density at radius 2 is 2.00 bits per heavy atom. The number of nitrogens with one attached hydrogen (secondary N) is 2. The van der Waals surface area contributed by atoms with Crippen molar-refractivity contribution in [2.45, 2.75) is 6.92 Å². The number of primary amides is 1. The molecule has 10 nitrogen and oxygen atoms in total. The standard InChI is InChI=1S/C22H26N8O2/c1-15-2-3-16(21(23)31)10-18(15)29-22-17(12-24-13-28-22)19-11-20(27-14-26-19)25-4-5-30-6-8-32-9-7-30/h2-3,10-14H,4-9H2,1H3,(H2,23,31)(H,24,28,29)(H,25,26,27). The Balaban J connectivity index is 1.50. The third-order valence-corrected chi connectivity index (χ3v) is 5.27. The number of nitrogens with two attached hydrogens (primary N) is 1. The number of hydrogen-bond acceptors (Lipinski definition) is 9. The Kier molecular flexibility index (Phi) is 6.83. The molecule has 4 N–H and O–H groups in total. The van der Waals surface area contributed by atoms with E-state index in [-0.39, 0.29) is 0 Å². The number of carbonyl (C=O) groups excluding carboxylic acids is 1. The third kappa shape index (κ3) is 5.34. The quantitative estimate of drug-likeness (QED) is 0.486. The van der Waals surface area contributed by atoms with Crippen LogP contribution in [-0.4, -0.2) is 70.1 Å². The molecule has 0 aliphatic carbocycles. The van der Waals surface area contributed by atoms with E-state index >= 15 is 0 Å². The summed E-state index contributed by atoms with van der Waals surface area (Å²) >= 11 is 0. The first kappa shape index (κ1) is 21.6. The molecule has 0 radical (unpaired) electrons. The minimum absolute atomic E-state index is 0.419. The summed E-state index contributed by atoms with van der Waals surface area (Å²) in [7, 11) is 0. The van der Waals surface area contributed by atoms with E-state index < -0.39 is 5.91 Å². The van der Waals surface area contributed by atoms with Crippen LogP contribution in [-0.2, 0) is 4.74 Å². The Morgan fingerprint density at radius 1 is 1.16 bits per heavy atom. The average molecular weight is 435 g/mol. The van der Waals surface area contributed by atoms with E-state index in [0.717, 1.165) is 62.0 Å². The predicted molar refractivity (Wildman–Crippen MR) is 122 cm³/mol. The van der Waals surface area contributed by atoms with Crippen molar-refractivity contribution in [3.05, 3.63) is 54.2 Å². The van der Waals surface area contributed by atoms with E-state index in [1.54, 1.807) is 18.3 Å². The maximum absolute atomic E-state index is 11.6. The van der Waals surface area contributed by atoms with Gasteiger partial charge in [-0.05, 0) is 24.6 Å². The zero-order valence-electron chi connectivity index (χ0n) is 17.9. The number of amides is 1. The van der Waals surface area contributed by atoms with Crippen molar-refractivity contribution in [2.75, 3.05) is 50.0 Å². The number of morpholine rings is 1. The number of hydrogen-bond donors (Lipinski definition) is 3. The molecule has 0 unspecified atom stereocenters. The van der Waals surface area contributed by atoms with Gasteiger partial charge in [0.05, 0.1) is 24.5 Å². The topological polar surface area (TPSA) is 131 Å². The number of ether oxygens (including phenoxy) is 1. The van der Waals surface area contributed by atoms with Gasteiger partial charge in [0.2, 0.25) is 5.91 Å². The van der Waals surface area contributed by atoms with Crippen molar-refractivity contribution in [3.63, 3.8) is 0 Å². The molecule has 0 bridgehead atoms. The normalized spacial score (nSPS) is 14.2. The summed E-state index contributed by atoms with van der Waals surface area (Å²) in [5.41, 5.74) is 8.93. The largest absolute Gasteiger partial charge is 0.379 e. The van der Waals surface area contributed by atoms with Gasteiger partial charge in [0, 0.05) is 49.7 Å². The smallest absolute Gasteiger partial charge is 0.248 e. The van der Waals surface area contributed by atoms with E-state index in [1.165, 1.54) is 12.7 Å². The number of aromatic nitrogens is 4. The van der Waals surface area contributed by atoms with Crippen LogP contribution in [0.2, 0.25) is 0 Å². The lowest BCUT2D eigenvalue weighted by molar-refractivity contribution is 0.0398. The number of aryl methyl sites for hydroxylation is 1. The minimum atomic E-state index is -0.487. The highest BCUT2D eigenvalue weighted by Gasteiger charge is 2.13. The second-order valence-corrected chi connectivity index (χ2v) is 7.47. The first-order valence-corrected chi connectivity index (χ1v) is 10.4. The Bertz CT molecular complexity index is 1090. The molecule has 0 atom stereocenters. The fourth-order valence-electron chi connectivity index (χ4n) is 3.42. The number of benzene rings is 1. The van der Waals surface area contributed by atoms with Gasteiger partial charge in [-0.15, -0.1) is 0 Å². The van der Waals surface area contributed by atoms with Crippen LogP contribution in [0.4, 0.5) is 17.3 Å². The Labute approximate surface area is 186 Å². The molecule has 166 valence electrons. The van der Waals surface area contributed by atoms with Gasteiger partial charge in [-0.25, -0.2) is 19.9 Å². The zero-order valence-corrected chi connectivity index (χ0v) is 17.9. The van der Waals surface area contributed by atoms with Crippen LogP contribution in [0.1, 0.15) is 15.9 Å². The van der Waals surface area contributed by atoms with Crippen molar-refractivity contribution >= 4 is 23.2 Å². The lowest BCUT2D eigenvalue weighted by Crippen LogP contribution is -2.39. The van der Waals surface area contributed by atoms with E-state index in [4.69, 9.17) is 10.5 Å². The summed E-state index contributed by atoms with van der Waals surface area (Å²) < 4.78 is 5.38. The summed E-state index contributed by atoms with van der Waals surface area (Å²) in [6.07, 6.45) is 4.67. The monoisotopic (exact) mass is 434 g/mol. The van der Waals surface area contributed by atoms with Gasteiger partial charge < -0.3 is 21.1 Å². The van der Waals surface area contributed by atoms with Crippen LogP contribution in [0.25, 0.3) is 11.3 Å². The molecule has 2 aromatic heterocycles. The van der Waals surface area contributed by atoms with Crippen LogP contribution in [0, 0.1) is 6.92 Å². The highest BCUT2D eigenvalue weighted by molar-refractivity contribution is 5.94. The highest BCUT2D eigenvalue weighted by atomic mass is 16.5. The molecule has 32 heavy (non-hydrogen) atoms. The summed E-state index contributed by atoms with van der Waals surface area (Å²) in [6, 6.07) is 7.12. The molecular weight excluding hydrogens is 408 g/mol. The molecule has 3 aromatic rings. The third-order valence-electron chi connectivity index (χ3n) is 5.27. The average Bonchev–Trinajstić information content (AvgIpc) is 2.81. The number of carbonyl (C=O) groups is 1. The maximum atomic E-state index is 11.6. The van der Waals surface area contributed by atoms with Gasteiger partial charge in [0.15, 0.2) is 0 Å². The molecule has 0 spiro atoms. The molecule has 1 fully saturated rings. The predicted octanol–water partition coefficient (Wildman–Crippen LogP) is 1.83. The fraction of sp³-hybridized carbons (Fsp3) is 0.318. The first-order valence-electron chi connectivity index (χ1n) is 10.4. The highest BCUT2D eigenvalue weighted by Crippen LogP contribution is 2.28. The number of rotatable bonds is 8. The van der Waals surface area contributed by atoms with Gasteiger partial charge >= 0.3 is 0 Å². The van der Waals surface area contributed by atoms with E-state index in [2.05, 4.69) is 35.5 Å². The molecule has 1 aliphatic heterocycles. The zero-order chi connectivity index (χ0) is 22.3. The van der Waals surface area contributed by atoms with Crippen molar-refractivity contribution < 1.29 is 9.53 Å². The molecule has 1 amide bonds. The van der Waals surface area contributed by atoms with Crippen LogP contribution in [0.5, 0.6) is 0 Å². The Hall–Kier alpha value is -3.63. The lowest BCUT2D eigenvalue weighted by Gasteiger charge is -2.26. The van der Waals surface area contributed by atoms with Crippen molar-refractivity contribution in [1.82, 2.24) is 24.8 Å². The van der Waals surface area contributed by atoms with Gasteiger partial charge in [0.25, 0.3) is 0 Å². The van der Waals surface area contributed by atoms with Gasteiger partial charge in [-0.3, -0.25) is 9.69 Å². The molecule has 3 heterocycles. The molecule has 1 aromatic carbocycles. The molecule has 0 saturated carbocycles. The maximum Gasteiger partial charge on any atom is 0.248 e. The molecular formula is C22H26N8O2.